The van der Waals surface area contributed by atoms with Gasteiger partial charge in [0.1, 0.15) is 11.6 Å². The number of nitrogens with two attached hydrogens (primary N) is 1. The summed E-state index contributed by atoms with van der Waals surface area (Å²) in [5.74, 6) is -1.78. The van der Waals surface area contributed by atoms with E-state index in [0.717, 1.165) is 0 Å². The molecule has 8 nitrogen and oxygen atoms in total. The van der Waals surface area contributed by atoms with Crippen LogP contribution in [0.2, 0.25) is 0 Å². The molecule has 140 valence electrons. The first-order valence-electron chi connectivity index (χ1n) is 8.19. The van der Waals surface area contributed by atoms with E-state index in [4.69, 9.17) is 15.6 Å². The van der Waals surface area contributed by atoms with Gasteiger partial charge in [0.05, 0.1) is 6.04 Å². The Morgan fingerprint density at radius 3 is 2.21 bits per heavy atom. The molecule has 0 radical (unpaired) electrons. The molecule has 0 aromatic carbocycles. The Kier molecular flexibility index (Phi) is 9.35. The number of unbranched alkanes of at least 4 members (excludes halogenated alkanes) is 1. The first-order chi connectivity index (χ1) is 10.9. The van der Waals surface area contributed by atoms with E-state index < -0.39 is 35.7 Å². The van der Waals surface area contributed by atoms with E-state index in [9.17, 15) is 14.4 Å². The second-order valence-corrected chi connectivity index (χ2v) is 7.10. The molecule has 0 aliphatic heterocycles. The van der Waals surface area contributed by atoms with Gasteiger partial charge in [0.2, 0.25) is 5.91 Å². The van der Waals surface area contributed by atoms with Gasteiger partial charge in [-0.3, -0.25) is 4.79 Å². The summed E-state index contributed by atoms with van der Waals surface area (Å²) in [5, 5.41) is 14.1. The molecule has 0 heterocycles. The predicted octanol–water partition coefficient (Wildman–Crippen LogP) is 1.23. The normalized spacial score (nSPS) is 14.0. The topological polar surface area (TPSA) is 131 Å². The van der Waals surface area contributed by atoms with Crippen molar-refractivity contribution >= 4 is 18.0 Å². The fraction of sp³-hybridized carbons (Fsp3) is 0.812. The van der Waals surface area contributed by atoms with Crippen LogP contribution < -0.4 is 16.4 Å². The van der Waals surface area contributed by atoms with Crippen LogP contribution in [0.3, 0.4) is 0 Å². The van der Waals surface area contributed by atoms with Crippen LogP contribution in [0.15, 0.2) is 0 Å². The monoisotopic (exact) mass is 345 g/mol. The Labute approximate surface area is 143 Å². The molecule has 0 bridgehead atoms. The lowest BCUT2D eigenvalue weighted by molar-refractivity contribution is -0.143. The van der Waals surface area contributed by atoms with E-state index in [1.54, 1.807) is 34.6 Å². The number of hydrogen-bond donors (Lipinski definition) is 4. The first-order valence-corrected chi connectivity index (χ1v) is 8.19. The molecule has 8 heteroatoms. The summed E-state index contributed by atoms with van der Waals surface area (Å²) < 4.78 is 5.10. The predicted molar refractivity (Wildman–Crippen MR) is 90.5 cm³/mol. The zero-order chi connectivity index (χ0) is 18.9. The molecule has 2 atom stereocenters. The number of amides is 2. The molecule has 5 N–H and O–H groups in total. The van der Waals surface area contributed by atoms with Crippen LogP contribution in [-0.4, -0.2) is 47.3 Å². The number of ether oxygens (including phenoxy) is 1. The fourth-order valence-electron chi connectivity index (χ4n) is 1.90. The fourth-order valence-corrected chi connectivity index (χ4v) is 1.90. The van der Waals surface area contributed by atoms with E-state index in [1.165, 1.54) is 0 Å². The van der Waals surface area contributed by atoms with E-state index in [1.807, 2.05) is 0 Å². The molecule has 0 saturated carbocycles. The molecule has 0 aliphatic rings. The Balaban J connectivity index is 4.01. The number of carboxylic acid groups (broad SMARTS) is 1. The summed E-state index contributed by atoms with van der Waals surface area (Å²) in [4.78, 5) is 34.4. The highest BCUT2D eigenvalue weighted by atomic mass is 16.6. The maximum atomic E-state index is 11.9. The van der Waals surface area contributed by atoms with Crippen LogP contribution in [0, 0.1) is 5.92 Å². The second-order valence-electron chi connectivity index (χ2n) is 7.10. The van der Waals surface area contributed by atoms with Gasteiger partial charge in [-0.15, -0.1) is 0 Å². The number of carboxylic acids is 1. The third-order valence-corrected chi connectivity index (χ3v) is 3.18. The van der Waals surface area contributed by atoms with Gasteiger partial charge in [0.25, 0.3) is 0 Å². The Morgan fingerprint density at radius 2 is 1.75 bits per heavy atom. The van der Waals surface area contributed by atoms with Crippen LogP contribution in [0.4, 0.5) is 4.79 Å². The molecule has 0 saturated heterocycles. The van der Waals surface area contributed by atoms with Gasteiger partial charge < -0.3 is 26.2 Å². The summed E-state index contributed by atoms with van der Waals surface area (Å²) in [6, 6.07) is -1.72. The van der Waals surface area contributed by atoms with Crippen molar-refractivity contribution in [1.29, 1.82) is 0 Å². The van der Waals surface area contributed by atoms with Gasteiger partial charge in [0.15, 0.2) is 0 Å². The molecule has 0 aromatic rings. The smallest absolute Gasteiger partial charge is 0.407 e. The van der Waals surface area contributed by atoms with Crippen molar-refractivity contribution in [2.45, 2.75) is 71.6 Å². The van der Waals surface area contributed by atoms with Gasteiger partial charge in [-0.25, -0.2) is 9.59 Å². The summed E-state index contributed by atoms with van der Waals surface area (Å²) in [5.41, 5.74) is 5.23. The summed E-state index contributed by atoms with van der Waals surface area (Å²) in [6.07, 6.45) is 1.20. The molecular formula is C16H31N3O5. The van der Waals surface area contributed by atoms with E-state index in [2.05, 4.69) is 10.6 Å². The summed E-state index contributed by atoms with van der Waals surface area (Å²) in [6.45, 7) is 9.20. The molecular weight excluding hydrogens is 314 g/mol. The average Bonchev–Trinajstić information content (AvgIpc) is 2.40. The van der Waals surface area contributed by atoms with Crippen LogP contribution in [0.5, 0.6) is 0 Å². The number of alkyl carbamates (subject to hydrolysis) is 1. The Bertz CT molecular complexity index is 432. The lowest BCUT2D eigenvalue weighted by Crippen LogP contribution is -2.50. The van der Waals surface area contributed by atoms with E-state index in [-0.39, 0.29) is 5.92 Å². The van der Waals surface area contributed by atoms with Crippen molar-refractivity contribution in [2.24, 2.45) is 11.7 Å². The van der Waals surface area contributed by atoms with Crippen LogP contribution in [0.1, 0.15) is 53.9 Å². The van der Waals surface area contributed by atoms with E-state index >= 15 is 0 Å². The highest BCUT2D eigenvalue weighted by Gasteiger charge is 2.25. The van der Waals surface area contributed by atoms with Crippen LogP contribution in [-0.2, 0) is 14.3 Å². The minimum Gasteiger partial charge on any atom is -0.480 e. The van der Waals surface area contributed by atoms with Gasteiger partial charge in [-0.05, 0) is 46.0 Å². The van der Waals surface area contributed by atoms with Crippen molar-refractivity contribution < 1.29 is 24.2 Å². The zero-order valence-corrected chi connectivity index (χ0v) is 15.2. The maximum absolute atomic E-state index is 11.9. The van der Waals surface area contributed by atoms with E-state index in [0.29, 0.717) is 25.8 Å². The number of carbonyl (C=O) groups excluding carboxylic acids is 2. The van der Waals surface area contributed by atoms with Crippen molar-refractivity contribution in [1.82, 2.24) is 10.6 Å². The quantitative estimate of drug-likeness (QED) is 0.465. The molecule has 2 amide bonds. The Hall–Kier alpha value is -1.83. The number of rotatable bonds is 9. The average molecular weight is 345 g/mol. The highest BCUT2D eigenvalue weighted by Crippen LogP contribution is 2.07. The van der Waals surface area contributed by atoms with Gasteiger partial charge >= 0.3 is 12.1 Å². The minimum atomic E-state index is -1.08. The van der Waals surface area contributed by atoms with Gasteiger partial charge in [-0.2, -0.15) is 0 Å². The number of aliphatic carboxylic acids is 1. The standard InChI is InChI=1S/C16H31N3O5/c1-10(2)12(14(21)22)19-13(20)11(17)8-6-7-9-18-15(23)24-16(3,4)5/h10-12H,6-9,17H2,1-5H3,(H,18,23)(H,19,20)(H,21,22)/t11-,12-/m0/s1. The number of nitrogens with one attached hydrogen (secondary N) is 2. The minimum absolute atomic E-state index is 0.225. The molecule has 0 aliphatic carbocycles. The van der Waals surface area contributed by atoms with Crippen molar-refractivity contribution in [2.75, 3.05) is 6.54 Å². The van der Waals surface area contributed by atoms with Crippen molar-refractivity contribution in [3.63, 3.8) is 0 Å². The third-order valence-electron chi connectivity index (χ3n) is 3.18. The van der Waals surface area contributed by atoms with Crippen LogP contribution in [0.25, 0.3) is 0 Å². The molecule has 0 rings (SSSR count). The number of hydrogen-bond acceptors (Lipinski definition) is 5. The summed E-state index contributed by atoms with van der Waals surface area (Å²) >= 11 is 0. The summed E-state index contributed by atoms with van der Waals surface area (Å²) in [7, 11) is 0. The molecule has 24 heavy (non-hydrogen) atoms. The van der Waals surface area contributed by atoms with Crippen molar-refractivity contribution in [3.8, 4) is 0 Å². The third kappa shape index (κ3) is 10.0. The van der Waals surface area contributed by atoms with Crippen molar-refractivity contribution in [3.05, 3.63) is 0 Å². The molecule has 0 spiro atoms. The van der Waals surface area contributed by atoms with Crippen LogP contribution >= 0.6 is 0 Å². The largest absolute Gasteiger partial charge is 0.480 e. The van der Waals surface area contributed by atoms with Gasteiger partial charge in [0, 0.05) is 6.54 Å². The SMILES string of the molecule is CC(C)[C@H](NC(=O)[C@@H](N)CCCCNC(=O)OC(C)(C)C)C(=O)O. The second kappa shape index (κ2) is 10.1. The number of carbonyl (C=O) groups is 3. The lowest BCUT2D eigenvalue weighted by atomic mass is 10.0. The Morgan fingerprint density at radius 1 is 1.17 bits per heavy atom. The maximum Gasteiger partial charge on any atom is 0.407 e. The van der Waals surface area contributed by atoms with Gasteiger partial charge in [-0.1, -0.05) is 13.8 Å². The highest BCUT2D eigenvalue weighted by molar-refractivity contribution is 5.86. The first kappa shape index (κ1) is 22.2. The molecule has 0 fully saturated rings. The zero-order valence-electron chi connectivity index (χ0n) is 15.2. The lowest BCUT2D eigenvalue weighted by Gasteiger charge is -2.20. The molecule has 0 unspecified atom stereocenters. The molecule has 0 aromatic heterocycles.